The van der Waals surface area contributed by atoms with E-state index in [-0.39, 0.29) is 18.3 Å². The number of esters is 1. The zero-order chi connectivity index (χ0) is 22.0. The van der Waals surface area contributed by atoms with Gasteiger partial charge in [0.1, 0.15) is 6.04 Å². The van der Waals surface area contributed by atoms with Crippen LogP contribution in [-0.4, -0.2) is 48.5 Å². The number of hydrogen-bond donors (Lipinski definition) is 0. The number of rotatable bonds is 6. The van der Waals surface area contributed by atoms with Crippen molar-refractivity contribution in [2.45, 2.75) is 13.0 Å². The van der Waals surface area contributed by atoms with Crippen LogP contribution in [0.25, 0.3) is 5.70 Å². The third-order valence-corrected chi connectivity index (χ3v) is 6.00. The number of ether oxygens (including phenoxy) is 3. The number of methoxy groups -OCH3 is 2. The average molecular weight is 439 g/mol. The molecule has 4 rings (SSSR count). The van der Waals surface area contributed by atoms with E-state index in [9.17, 15) is 9.59 Å². The van der Waals surface area contributed by atoms with Crippen LogP contribution in [0.3, 0.4) is 0 Å². The molecule has 0 aromatic heterocycles. The van der Waals surface area contributed by atoms with Crippen LogP contribution in [0.5, 0.6) is 11.5 Å². The summed E-state index contributed by atoms with van der Waals surface area (Å²) in [7, 11) is 3.08. The lowest BCUT2D eigenvalue weighted by atomic mass is 9.91. The van der Waals surface area contributed by atoms with Gasteiger partial charge in [0.25, 0.3) is 0 Å². The monoisotopic (exact) mass is 438 g/mol. The van der Waals surface area contributed by atoms with E-state index in [1.54, 1.807) is 31.1 Å². The third kappa shape index (κ3) is 3.67. The summed E-state index contributed by atoms with van der Waals surface area (Å²) in [5, 5.41) is 0.548. The first-order chi connectivity index (χ1) is 15.1. The molecule has 0 saturated carbocycles. The lowest BCUT2D eigenvalue weighted by molar-refractivity contribution is -0.139. The lowest BCUT2D eigenvalue weighted by Gasteiger charge is -2.34. The van der Waals surface area contributed by atoms with Gasteiger partial charge in [-0.3, -0.25) is 9.69 Å². The minimum atomic E-state index is -0.755. The molecule has 7 nitrogen and oxygen atoms in total. The molecule has 1 saturated heterocycles. The molecule has 1 atom stereocenters. The Morgan fingerprint density at radius 3 is 2.58 bits per heavy atom. The number of fused-ring (bicyclic) bond motifs is 1. The first-order valence-corrected chi connectivity index (χ1v) is 10.8. The number of nitrogens with zero attached hydrogens (tertiary/aromatic N) is 2. The zero-order valence-corrected chi connectivity index (χ0v) is 18.3. The Balaban J connectivity index is 2.02. The zero-order valence-electron chi connectivity index (χ0n) is 17.5. The number of hydrogen-bond acceptors (Lipinski definition) is 7. The van der Waals surface area contributed by atoms with Crippen LogP contribution in [0, 0.1) is 0 Å². The van der Waals surface area contributed by atoms with E-state index in [4.69, 9.17) is 19.2 Å². The topological polar surface area (TPSA) is 77.4 Å². The van der Waals surface area contributed by atoms with Gasteiger partial charge in [0.05, 0.1) is 37.8 Å². The Kier molecular flexibility index (Phi) is 5.99. The maximum atomic E-state index is 13.2. The number of benzene rings is 2. The summed E-state index contributed by atoms with van der Waals surface area (Å²) < 4.78 is 16.5. The molecule has 2 aromatic carbocycles. The van der Waals surface area contributed by atoms with Gasteiger partial charge in [0.2, 0.25) is 5.91 Å². The van der Waals surface area contributed by atoms with E-state index in [1.807, 2.05) is 36.4 Å². The molecule has 2 aromatic rings. The summed E-state index contributed by atoms with van der Waals surface area (Å²) in [5.41, 5.74) is 2.17. The standard InChI is InChI=1S/C23H22N2O5S/c1-4-30-22(27)18-19(14-9-6-5-7-10-14)24-23-25(17(26)13-31-23)20(18)15-11-8-12-16(28-2)21(15)29-3/h5-12,20H,4,13H2,1-3H3/t20-/m0/s1. The predicted octanol–water partition coefficient (Wildman–Crippen LogP) is 3.66. The molecule has 2 aliphatic rings. The van der Waals surface area contributed by atoms with Gasteiger partial charge in [-0.05, 0) is 13.0 Å². The fourth-order valence-electron chi connectivity index (χ4n) is 3.78. The van der Waals surface area contributed by atoms with E-state index >= 15 is 0 Å². The number of amidine groups is 1. The van der Waals surface area contributed by atoms with Gasteiger partial charge in [-0.25, -0.2) is 9.79 Å². The van der Waals surface area contributed by atoms with Gasteiger partial charge in [-0.15, -0.1) is 0 Å². The number of carbonyl (C=O) groups excluding carboxylic acids is 2. The Morgan fingerprint density at radius 1 is 1.13 bits per heavy atom. The Hall–Kier alpha value is -3.26. The van der Waals surface area contributed by atoms with Gasteiger partial charge >= 0.3 is 5.97 Å². The minimum absolute atomic E-state index is 0.132. The Labute approximate surface area is 184 Å². The molecule has 0 bridgehead atoms. The highest BCUT2D eigenvalue weighted by Crippen LogP contribution is 2.47. The van der Waals surface area contributed by atoms with Crippen LogP contribution in [0.4, 0.5) is 0 Å². The minimum Gasteiger partial charge on any atom is -0.493 e. The molecule has 160 valence electrons. The van der Waals surface area contributed by atoms with Gasteiger partial charge in [0.15, 0.2) is 16.7 Å². The van der Waals surface area contributed by atoms with Crippen molar-refractivity contribution in [1.82, 2.24) is 4.90 Å². The Morgan fingerprint density at radius 2 is 1.90 bits per heavy atom. The van der Waals surface area contributed by atoms with Gasteiger partial charge in [-0.1, -0.05) is 54.2 Å². The third-order valence-electron chi connectivity index (χ3n) is 5.06. The molecule has 0 N–H and O–H groups in total. The van der Waals surface area contributed by atoms with E-state index in [0.29, 0.717) is 33.5 Å². The summed E-state index contributed by atoms with van der Waals surface area (Å²) in [4.78, 5) is 32.4. The van der Waals surface area contributed by atoms with Crippen LogP contribution < -0.4 is 9.47 Å². The summed E-state index contributed by atoms with van der Waals surface area (Å²) in [6.07, 6.45) is 0. The van der Waals surface area contributed by atoms with Crippen molar-refractivity contribution in [3.63, 3.8) is 0 Å². The maximum Gasteiger partial charge on any atom is 0.338 e. The predicted molar refractivity (Wildman–Crippen MR) is 119 cm³/mol. The molecular formula is C23H22N2O5S. The fraction of sp³-hybridized carbons (Fsp3) is 0.261. The second-order valence-corrected chi connectivity index (χ2v) is 7.72. The highest BCUT2D eigenvalue weighted by Gasteiger charge is 2.45. The Bertz CT molecular complexity index is 1080. The van der Waals surface area contributed by atoms with Crippen LogP contribution >= 0.6 is 11.8 Å². The number of carbonyl (C=O) groups is 2. The molecule has 1 amide bonds. The van der Waals surface area contributed by atoms with Crippen molar-refractivity contribution in [3.8, 4) is 11.5 Å². The van der Waals surface area contributed by atoms with Gasteiger partial charge in [0, 0.05) is 11.1 Å². The summed E-state index contributed by atoms with van der Waals surface area (Å²) in [5.74, 6) is 0.555. The summed E-state index contributed by atoms with van der Waals surface area (Å²) in [6.45, 7) is 1.95. The largest absolute Gasteiger partial charge is 0.493 e. The van der Waals surface area contributed by atoms with Crippen molar-refractivity contribution in [2.24, 2.45) is 4.99 Å². The van der Waals surface area contributed by atoms with Crippen LogP contribution in [0.1, 0.15) is 24.1 Å². The molecule has 0 radical (unpaired) electrons. The van der Waals surface area contributed by atoms with E-state index in [0.717, 1.165) is 5.56 Å². The van der Waals surface area contributed by atoms with Crippen LogP contribution in [0.15, 0.2) is 59.1 Å². The molecule has 0 aliphatic carbocycles. The van der Waals surface area contributed by atoms with E-state index < -0.39 is 12.0 Å². The van der Waals surface area contributed by atoms with Crippen LogP contribution in [0.2, 0.25) is 0 Å². The van der Waals surface area contributed by atoms with Crippen molar-refractivity contribution in [1.29, 1.82) is 0 Å². The number of aliphatic imine (C=N–C) groups is 1. The summed E-state index contributed by atoms with van der Waals surface area (Å²) >= 11 is 1.35. The maximum absolute atomic E-state index is 13.2. The second kappa shape index (κ2) is 8.85. The van der Waals surface area contributed by atoms with Crippen LogP contribution in [-0.2, 0) is 14.3 Å². The average Bonchev–Trinajstić information content (AvgIpc) is 3.18. The SMILES string of the molecule is CCOC(=O)C1=C(c2ccccc2)N=C2SCC(=O)N2[C@H]1c1cccc(OC)c1OC. The molecule has 8 heteroatoms. The quantitative estimate of drug-likeness (QED) is 0.641. The molecule has 1 fully saturated rings. The first-order valence-electron chi connectivity index (χ1n) is 9.81. The first kappa shape index (κ1) is 21.0. The molecule has 2 heterocycles. The number of amides is 1. The molecule has 31 heavy (non-hydrogen) atoms. The summed E-state index contributed by atoms with van der Waals surface area (Å²) in [6, 6.07) is 14.1. The lowest BCUT2D eigenvalue weighted by Crippen LogP contribution is -2.39. The van der Waals surface area contributed by atoms with E-state index in [2.05, 4.69) is 0 Å². The molecular weight excluding hydrogens is 416 g/mol. The second-order valence-electron chi connectivity index (χ2n) is 6.78. The molecule has 0 unspecified atom stereocenters. The van der Waals surface area contributed by atoms with Gasteiger partial charge < -0.3 is 14.2 Å². The van der Waals surface area contributed by atoms with Crippen molar-refractivity contribution in [3.05, 3.63) is 65.2 Å². The molecule has 0 spiro atoms. The van der Waals surface area contributed by atoms with Crippen molar-refractivity contribution in [2.75, 3.05) is 26.6 Å². The highest BCUT2D eigenvalue weighted by molar-refractivity contribution is 8.15. The smallest absolute Gasteiger partial charge is 0.338 e. The number of para-hydroxylation sites is 1. The van der Waals surface area contributed by atoms with E-state index in [1.165, 1.54) is 18.9 Å². The van der Waals surface area contributed by atoms with Crippen molar-refractivity contribution >= 4 is 34.5 Å². The van der Waals surface area contributed by atoms with Gasteiger partial charge in [-0.2, -0.15) is 0 Å². The molecule has 2 aliphatic heterocycles. The number of thioether (sulfide) groups is 1. The van der Waals surface area contributed by atoms with Crippen molar-refractivity contribution < 1.29 is 23.8 Å². The highest BCUT2D eigenvalue weighted by atomic mass is 32.2. The normalized spacial score (nSPS) is 17.9. The fourth-order valence-corrected chi connectivity index (χ4v) is 4.68.